The number of nitrogens with zero attached hydrogens (tertiary/aromatic N) is 2. The quantitative estimate of drug-likeness (QED) is 0.855. The minimum atomic E-state index is -0.894. The molecule has 0 aromatic heterocycles. The normalized spacial score (nSPS) is 24.5. The van der Waals surface area contributed by atoms with Crippen molar-refractivity contribution in [3.05, 3.63) is 29.0 Å². The minimum Gasteiger partial charge on any atom is -0.783 e. The van der Waals surface area contributed by atoms with Gasteiger partial charge in [-0.05, 0) is 52.3 Å². The molecule has 0 spiro atoms. The summed E-state index contributed by atoms with van der Waals surface area (Å²) in [5, 5.41) is 27.1. The molecule has 6 nitrogen and oxygen atoms in total. The van der Waals surface area contributed by atoms with Gasteiger partial charge in [-0.25, -0.2) is 0 Å². The Bertz CT molecular complexity index is 525. The van der Waals surface area contributed by atoms with E-state index in [9.17, 15) is 10.4 Å². The molecule has 0 aliphatic carbocycles. The van der Waals surface area contributed by atoms with Gasteiger partial charge < -0.3 is 19.7 Å². The van der Waals surface area contributed by atoms with Gasteiger partial charge in [-0.15, -0.1) is 10.3 Å². The summed E-state index contributed by atoms with van der Waals surface area (Å²) in [4.78, 5) is 0. The number of methoxy groups -OCH3 is 1. The summed E-state index contributed by atoms with van der Waals surface area (Å²) in [5.41, 5.74) is -1.000. The molecule has 1 aliphatic rings. The average molecular weight is 308 g/mol. The molecule has 0 saturated carbocycles. The highest BCUT2D eigenvalue weighted by Crippen LogP contribution is 2.49. The second-order valence-electron chi connectivity index (χ2n) is 6.49. The van der Waals surface area contributed by atoms with E-state index < -0.39 is 17.2 Å². The van der Waals surface area contributed by atoms with Crippen molar-refractivity contribution >= 4 is 0 Å². The highest BCUT2D eigenvalue weighted by Gasteiger charge is 2.55. The number of hydrogen-bond acceptors (Lipinski definition) is 5. The van der Waals surface area contributed by atoms with Crippen LogP contribution < -0.4 is 9.47 Å². The Labute approximate surface area is 131 Å². The summed E-state index contributed by atoms with van der Waals surface area (Å²) in [5.74, 6) is 1.11. The summed E-state index contributed by atoms with van der Waals surface area (Å²) in [6.07, 6.45) is -0.894. The van der Waals surface area contributed by atoms with Gasteiger partial charge in [0.05, 0.1) is 19.3 Å². The predicted octanol–water partition coefficient (Wildman–Crippen LogP) is 3.11. The molecule has 1 fully saturated rings. The van der Waals surface area contributed by atoms with Crippen LogP contribution in [0.1, 0.15) is 46.3 Å². The van der Waals surface area contributed by atoms with Gasteiger partial charge in [0, 0.05) is 5.54 Å². The van der Waals surface area contributed by atoms with Crippen LogP contribution in [0.5, 0.6) is 11.5 Å². The van der Waals surface area contributed by atoms with Crippen molar-refractivity contribution in [2.24, 2.45) is 0 Å². The summed E-state index contributed by atoms with van der Waals surface area (Å²) in [7, 11) is 1.54. The first-order chi connectivity index (χ1) is 10.2. The van der Waals surface area contributed by atoms with E-state index in [2.05, 4.69) is 0 Å². The number of benzene rings is 1. The van der Waals surface area contributed by atoms with Crippen molar-refractivity contribution in [3.63, 3.8) is 0 Å². The average Bonchev–Trinajstić information content (AvgIpc) is 2.58. The molecule has 1 heterocycles. The molecule has 1 radical (unpaired) electrons. The Balaban J connectivity index is 2.44. The molecule has 123 valence electrons. The maximum Gasteiger partial charge on any atom is 0.161 e. The third kappa shape index (κ3) is 2.36. The van der Waals surface area contributed by atoms with E-state index in [-0.39, 0.29) is 0 Å². The zero-order valence-corrected chi connectivity index (χ0v) is 14.0. The molecule has 1 aromatic carbocycles. The van der Waals surface area contributed by atoms with Gasteiger partial charge in [0.1, 0.15) is 6.17 Å². The topological polar surface area (TPSA) is 67.9 Å². The molecule has 0 amide bonds. The molecule has 22 heavy (non-hydrogen) atoms. The molecule has 6 heteroatoms. The third-order valence-electron chi connectivity index (χ3n) is 4.83. The van der Waals surface area contributed by atoms with E-state index in [0.717, 1.165) is 10.1 Å². The number of hydrogen-bond donors (Lipinski definition) is 0. The summed E-state index contributed by atoms with van der Waals surface area (Å²) < 4.78 is 10.8. The van der Waals surface area contributed by atoms with Crippen molar-refractivity contribution < 1.29 is 14.7 Å². The van der Waals surface area contributed by atoms with Crippen LogP contribution in [0.15, 0.2) is 18.2 Å². The summed E-state index contributed by atoms with van der Waals surface area (Å²) in [6, 6.07) is 5.17. The molecule has 1 aromatic rings. The van der Waals surface area contributed by atoms with Crippen molar-refractivity contribution in [3.8, 4) is 11.5 Å². The monoisotopic (exact) mass is 308 g/mol. The smallest absolute Gasteiger partial charge is 0.161 e. The summed E-state index contributed by atoms with van der Waals surface area (Å²) in [6.45, 7) is 9.55. The zero-order chi connectivity index (χ0) is 16.7. The third-order valence-corrected chi connectivity index (χ3v) is 4.83. The first-order valence-corrected chi connectivity index (χ1v) is 7.42. The molecule has 1 aliphatic heterocycles. The Kier molecular flexibility index (Phi) is 4.41. The first kappa shape index (κ1) is 17.0. The Morgan fingerprint density at radius 3 is 2.27 bits per heavy atom. The highest BCUT2D eigenvalue weighted by molar-refractivity contribution is 5.44. The van der Waals surface area contributed by atoms with Gasteiger partial charge in [0.2, 0.25) is 0 Å². The van der Waals surface area contributed by atoms with Crippen molar-refractivity contribution in [2.45, 2.75) is 51.9 Å². The van der Waals surface area contributed by atoms with Crippen molar-refractivity contribution in [1.29, 1.82) is 0 Å². The SMILES string of the molecule is CCOc1ccc(C2N([O])C(C)(C)C(C)(C)N2[O-])cc1OC. The Hall–Kier alpha value is -1.34. The molecule has 0 unspecified atom stereocenters. The van der Waals surface area contributed by atoms with E-state index in [1.54, 1.807) is 45.9 Å². The lowest BCUT2D eigenvalue weighted by molar-refractivity contribution is -0.232. The maximum absolute atomic E-state index is 12.7. The molecule has 0 N–H and O–H groups in total. The second-order valence-corrected chi connectivity index (χ2v) is 6.49. The van der Waals surface area contributed by atoms with Gasteiger partial charge in [0.25, 0.3) is 0 Å². The molecule has 1 saturated heterocycles. The fourth-order valence-corrected chi connectivity index (χ4v) is 2.64. The lowest BCUT2D eigenvalue weighted by Crippen LogP contribution is -2.51. The van der Waals surface area contributed by atoms with Crippen LogP contribution in [0.3, 0.4) is 0 Å². The molecular formula is C16H24N2O4-. The van der Waals surface area contributed by atoms with Crippen molar-refractivity contribution in [2.75, 3.05) is 13.7 Å². The lowest BCUT2D eigenvalue weighted by Gasteiger charge is -2.44. The van der Waals surface area contributed by atoms with Crippen LogP contribution in [0.2, 0.25) is 0 Å². The van der Waals surface area contributed by atoms with Crippen LogP contribution in [-0.4, -0.2) is 34.9 Å². The largest absolute Gasteiger partial charge is 0.783 e. The van der Waals surface area contributed by atoms with Crippen LogP contribution in [0.4, 0.5) is 0 Å². The second kappa shape index (κ2) is 5.70. The minimum absolute atomic E-state index is 0.514. The fourth-order valence-electron chi connectivity index (χ4n) is 2.64. The van der Waals surface area contributed by atoms with Crippen molar-refractivity contribution in [1.82, 2.24) is 10.1 Å². The fraction of sp³-hybridized carbons (Fsp3) is 0.625. The lowest BCUT2D eigenvalue weighted by atomic mass is 9.84. The molecule has 2 rings (SSSR count). The molecule has 0 bridgehead atoms. The maximum atomic E-state index is 12.7. The number of ether oxygens (including phenoxy) is 2. The number of rotatable bonds is 4. The van der Waals surface area contributed by atoms with Crippen LogP contribution in [0.25, 0.3) is 0 Å². The Morgan fingerprint density at radius 2 is 1.82 bits per heavy atom. The van der Waals surface area contributed by atoms with Crippen LogP contribution in [-0.2, 0) is 5.21 Å². The predicted molar refractivity (Wildman–Crippen MR) is 82.8 cm³/mol. The summed E-state index contributed by atoms with van der Waals surface area (Å²) >= 11 is 0. The van der Waals surface area contributed by atoms with Crippen LogP contribution >= 0.6 is 0 Å². The number of hydroxylamine groups is 4. The van der Waals surface area contributed by atoms with E-state index in [0.29, 0.717) is 23.7 Å². The van der Waals surface area contributed by atoms with E-state index in [1.807, 2.05) is 6.92 Å². The highest BCUT2D eigenvalue weighted by atomic mass is 16.6. The molecular weight excluding hydrogens is 284 g/mol. The van der Waals surface area contributed by atoms with Gasteiger partial charge in [-0.2, -0.15) is 0 Å². The Morgan fingerprint density at radius 1 is 1.18 bits per heavy atom. The first-order valence-electron chi connectivity index (χ1n) is 7.42. The van der Waals surface area contributed by atoms with Crippen LogP contribution in [0, 0.1) is 5.21 Å². The van der Waals surface area contributed by atoms with Gasteiger partial charge >= 0.3 is 0 Å². The molecule has 0 atom stereocenters. The standard InChI is InChI=1S/C16H24N2O4/c1-7-22-12-9-8-11(10-13(12)21-6)14-17(19)15(2,3)16(4,5)18(14)20/h8-10,14H,7H2,1-6H3/q-1. The van der Waals surface area contributed by atoms with E-state index >= 15 is 0 Å². The van der Waals surface area contributed by atoms with Gasteiger partial charge in [0.15, 0.2) is 11.5 Å². The van der Waals surface area contributed by atoms with Gasteiger partial charge in [-0.1, -0.05) is 6.07 Å². The zero-order valence-electron chi connectivity index (χ0n) is 14.0. The van der Waals surface area contributed by atoms with E-state index in [1.165, 1.54) is 7.11 Å². The van der Waals surface area contributed by atoms with Gasteiger partial charge in [-0.3, -0.25) is 0 Å². The van der Waals surface area contributed by atoms with E-state index in [4.69, 9.17) is 9.47 Å².